The van der Waals surface area contributed by atoms with E-state index in [0.717, 1.165) is 12.8 Å². The zero-order chi connectivity index (χ0) is 9.47. The van der Waals surface area contributed by atoms with Gasteiger partial charge in [-0.3, -0.25) is 10.1 Å². The molecular formula is C8H11NO4. The maximum absolute atomic E-state index is 11.4. The molecule has 13 heavy (non-hydrogen) atoms. The summed E-state index contributed by atoms with van der Waals surface area (Å²) >= 11 is 0. The van der Waals surface area contributed by atoms with E-state index in [9.17, 15) is 9.59 Å². The molecule has 5 heteroatoms. The van der Waals surface area contributed by atoms with Crippen molar-refractivity contribution < 1.29 is 19.1 Å². The second kappa shape index (κ2) is 2.70. The molecule has 1 saturated carbocycles. The Morgan fingerprint density at radius 1 is 1.62 bits per heavy atom. The van der Waals surface area contributed by atoms with E-state index in [1.807, 2.05) is 0 Å². The zero-order valence-electron chi connectivity index (χ0n) is 7.33. The molecule has 0 radical (unpaired) electrons. The smallest absolute Gasteiger partial charge is 0.415 e. The normalized spacial score (nSPS) is 33.0. The minimum Gasteiger partial charge on any atom is -0.430 e. The fourth-order valence-corrected chi connectivity index (χ4v) is 1.68. The molecule has 1 saturated heterocycles. The topological polar surface area (TPSA) is 64.6 Å². The maximum Gasteiger partial charge on any atom is 0.415 e. The summed E-state index contributed by atoms with van der Waals surface area (Å²) in [5.41, 5.74) is -1.04. The largest absolute Gasteiger partial charge is 0.430 e. The number of methoxy groups -OCH3 is 1. The number of carbonyl (C=O) groups is 2. The van der Waals surface area contributed by atoms with Crippen molar-refractivity contribution in [1.29, 1.82) is 0 Å². The Kier molecular flexibility index (Phi) is 1.76. The van der Waals surface area contributed by atoms with Gasteiger partial charge in [0.05, 0.1) is 6.61 Å². The highest BCUT2D eigenvalue weighted by Crippen LogP contribution is 2.44. The fraction of sp³-hybridized carbons (Fsp3) is 0.750. The molecule has 0 aromatic rings. The van der Waals surface area contributed by atoms with Crippen molar-refractivity contribution in [2.24, 2.45) is 5.92 Å². The van der Waals surface area contributed by atoms with Crippen molar-refractivity contribution in [2.75, 3.05) is 13.7 Å². The highest BCUT2D eigenvalue weighted by Gasteiger charge is 2.58. The van der Waals surface area contributed by atoms with E-state index in [2.05, 4.69) is 5.32 Å². The van der Waals surface area contributed by atoms with E-state index >= 15 is 0 Å². The number of nitrogens with one attached hydrogen (secondary N) is 1. The lowest BCUT2D eigenvalue weighted by molar-refractivity contribution is -0.138. The first-order valence-corrected chi connectivity index (χ1v) is 4.22. The summed E-state index contributed by atoms with van der Waals surface area (Å²) in [6.45, 7) is 0.148. The third-order valence-corrected chi connectivity index (χ3v) is 2.47. The monoisotopic (exact) mass is 185 g/mol. The Morgan fingerprint density at radius 2 is 2.31 bits per heavy atom. The quantitative estimate of drug-likeness (QED) is 0.674. The van der Waals surface area contributed by atoms with Crippen LogP contribution in [-0.2, 0) is 14.3 Å². The van der Waals surface area contributed by atoms with Gasteiger partial charge in [-0.15, -0.1) is 0 Å². The predicted molar refractivity (Wildman–Crippen MR) is 42.0 cm³/mol. The number of amides is 2. The van der Waals surface area contributed by atoms with Crippen LogP contribution in [0.15, 0.2) is 0 Å². The summed E-state index contributed by atoms with van der Waals surface area (Å²) in [6, 6.07) is 0. The minimum atomic E-state index is -1.04. The van der Waals surface area contributed by atoms with Crippen molar-refractivity contribution in [1.82, 2.24) is 5.32 Å². The molecule has 1 atom stereocenters. The first-order valence-electron chi connectivity index (χ1n) is 4.22. The Hall–Kier alpha value is -1.10. The molecule has 1 heterocycles. The van der Waals surface area contributed by atoms with Crippen molar-refractivity contribution >= 4 is 12.0 Å². The fourth-order valence-electron chi connectivity index (χ4n) is 1.68. The minimum absolute atomic E-state index is 0.138. The summed E-state index contributed by atoms with van der Waals surface area (Å²) < 4.78 is 9.91. The van der Waals surface area contributed by atoms with Crippen LogP contribution in [0, 0.1) is 5.92 Å². The van der Waals surface area contributed by atoms with E-state index < -0.39 is 11.7 Å². The number of imide groups is 1. The van der Waals surface area contributed by atoms with Gasteiger partial charge in [-0.2, -0.15) is 0 Å². The standard InChI is InChI=1S/C8H11NO4/c1-12-4-8(5-2-3-5)6(10)9-7(11)13-8/h5H,2-4H2,1H3,(H,9,10,11). The summed E-state index contributed by atoms with van der Waals surface area (Å²) in [7, 11) is 1.49. The molecule has 5 nitrogen and oxygen atoms in total. The number of cyclic esters (lactones) is 1. The highest BCUT2D eigenvalue weighted by atomic mass is 16.6. The van der Waals surface area contributed by atoms with Gasteiger partial charge in [0.1, 0.15) is 0 Å². The lowest BCUT2D eigenvalue weighted by atomic mass is 9.98. The van der Waals surface area contributed by atoms with E-state index in [1.54, 1.807) is 0 Å². The number of hydrogen-bond donors (Lipinski definition) is 1. The number of carbonyl (C=O) groups excluding carboxylic acids is 2. The van der Waals surface area contributed by atoms with Gasteiger partial charge in [0.2, 0.25) is 5.60 Å². The first kappa shape index (κ1) is 8.50. The van der Waals surface area contributed by atoms with Gasteiger partial charge in [0, 0.05) is 13.0 Å². The van der Waals surface area contributed by atoms with Crippen LogP contribution in [0.1, 0.15) is 12.8 Å². The molecule has 0 aromatic heterocycles. The molecule has 2 aliphatic rings. The van der Waals surface area contributed by atoms with E-state index in [0.29, 0.717) is 0 Å². The molecule has 2 fully saturated rings. The van der Waals surface area contributed by atoms with Crippen molar-refractivity contribution in [3.63, 3.8) is 0 Å². The summed E-state index contributed by atoms with van der Waals surface area (Å²) in [6.07, 6.45) is 1.18. The first-order chi connectivity index (χ1) is 6.19. The Balaban J connectivity index is 2.21. The Labute approximate surface area is 75.4 Å². The van der Waals surface area contributed by atoms with E-state index in [1.165, 1.54) is 7.11 Å². The Morgan fingerprint density at radius 3 is 2.69 bits per heavy atom. The van der Waals surface area contributed by atoms with E-state index in [-0.39, 0.29) is 18.4 Å². The van der Waals surface area contributed by atoms with Crippen molar-refractivity contribution in [2.45, 2.75) is 18.4 Å². The SMILES string of the molecule is COCC1(C2CC2)OC(=O)NC1=O. The third kappa shape index (κ3) is 1.19. The van der Waals surface area contributed by atoms with Gasteiger partial charge in [-0.1, -0.05) is 0 Å². The van der Waals surface area contributed by atoms with Crippen LogP contribution in [0.25, 0.3) is 0 Å². The van der Waals surface area contributed by atoms with Crippen molar-refractivity contribution in [3.8, 4) is 0 Å². The van der Waals surface area contributed by atoms with Gasteiger partial charge < -0.3 is 9.47 Å². The molecule has 72 valence electrons. The van der Waals surface area contributed by atoms with Gasteiger partial charge in [0.25, 0.3) is 5.91 Å². The van der Waals surface area contributed by atoms with Crippen LogP contribution in [0.4, 0.5) is 4.79 Å². The van der Waals surface area contributed by atoms with Crippen LogP contribution in [0.5, 0.6) is 0 Å². The molecule has 2 amide bonds. The number of ether oxygens (including phenoxy) is 2. The van der Waals surface area contributed by atoms with Gasteiger partial charge >= 0.3 is 6.09 Å². The number of alkyl carbamates (subject to hydrolysis) is 1. The highest BCUT2D eigenvalue weighted by molar-refractivity contribution is 6.03. The van der Waals surface area contributed by atoms with Crippen LogP contribution < -0.4 is 5.32 Å². The number of rotatable bonds is 3. The van der Waals surface area contributed by atoms with Crippen LogP contribution in [-0.4, -0.2) is 31.3 Å². The molecule has 0 spiro atoms. The lowest BCUT2D eigenvalue weighted by Gasteiger charge is -2.22. The molecule has 1 N–H and O–H groups in total. The van der Waals surface area contributed by atoms with Crippen LogP contribution >= 0.6 is 0 Å². The van der Waals surface area contributed by atoms with Crippen LogP contribution in [0.3, 0.4) is 0 Å². The Bertz CT molecular complexity index is 261. The second-order valence-electron chi connectivity index (χ2n) is 3.44. The van der Waals surface area contributed by atoms with Gasteiger partial charge in [-0.25, -0.2) is 4.79 Å². The molecule has 1 aliphatic heterocycles. The molecule has 2 rings (SSSR count). The number of hydrogen-bond acceptors (Lipinski definition) is 4. The third-order valence-electron chi connectivity index (χ3n) is 2.47. The maximum atomic E-state index is 11.4. The predicted octanol–water partition coefficient (Wildman–Crippen LogP) is 0.0480. The summed E-state index contributed by atoms with van der Waals surface area (Å²) in [4.78, 5) is 22.3. The average molecular weight is 185 g/mol. The van der Waals surface area contributed by atoms with Gasteiger partial charge in [0.15, 0.2) is 0 Å². The molecule has 1 aliphatic carbocycles. The molecule has 0 bridgehead atoms. The van der Waals surface area contributed by atoms with Crippen LogP contribution in [0.2, 0.25) is 0 Å². The summed E-state index contributed by atoms with van der Waals surface area (Å²) in [5.74, 6) is -0.222. The van der Waals surface area contributed by atoms with E-state index in [4.69, 9.17) is 9.47 Å². The molecular weight excluding hydrogens is 174 g/mol. The summed E-state index contributed by atoms with van der Waals surface area (Å²) in [5, 5.41) is 2.13. The zero-order valence-corrected chi connectivity index (χ0v) is 7.33. The molecule has 1 unspecified atom stereocenters. The lowest BCUT2D eigenvalue weighted by Crippen LogP contribution is -2.45. The second-order valence-corrected chi connectivity index (χ2v) is 3.44. The molecule has 0 aromatic carbocycles. The average Bonchev–Trinajstić information content (AvgIpc) is 2.82. The van der Waals surface area contributed by atoms with Gasteiger partial charge in [-0.05, 0) is 12.8 Å². The van der Waals surface area contributed by atoms with Crippen molar-refractivity contribution in [3.05, 3.63) is 0 Å².